The Morgan fingerprint density at radius 3 is 2.00 bits per heavy atom. The fraction of sp³-hybridized carbons (Fsp3) is 0.750. The average Bonchev–Trinajstić information content (AvgIpc) is 2.12. The first kappa shape index (κ1) is 11.9. The van der Waals surface area contributed by atoms with Gasteiger partial charge in [-0.3, -0.25) is 0 Å². The van der Waals surface area contributed by atoms with Crippen molar-refractivity contribution in [2.45, 2.75) is 13.8 Å². The highest BCUT2D eigenvalue weighted by Crippen LogP contribution is 2.08. The van der Waals surface area contributed by atoms with Crippen molar-refractivity contribution in [3.63, 3.8) is 0 Å². The minimum absolute atomic E-state index is 0.161. The van der Waals surface area contributed by atoms with Gasteiger partial charge in [0.1, 0.15) is 0 Å². The Labute approximate surface area is 77.5 Å². The van der Waals surface area contributed by atoms with Gasteiger partial charge in [0.25, 0.3) is 0 Å². The van der Waals surface area contributed by atoms with E-state index < -0.39 is 12.1 Å². The van der Waals surface area contributed by atoms with Crippen molar-refractivity contribution in [2.75, 3.05) is 26.7 Å². The second kappa shape index (κ2) is 4.81. The highest BCUT2D eigenvalue weighted by atomic mass is 16.5. The van der Waals surface area contributed by atoms with E-state index in [1.165, 1.54) is 7.11 Å². The Morgan fingerprint density at radius 1 is 1.31 bits per heavy atom. The first-order chi connectivity index (χ1) is 6.02. The summed E-state index contributed by atoms with van der Waals surface area (Å²) in [6, 6.07) is 0. The predicted molar refractivity (Wildman–Crippen MR) is 46.3 cm³/mol. The smallest absolute Gasteiger partial charge is 0.477 e. The molecule has 13 heavy (non-hydrogen) atoms. The van der Waals surface area contributed by atoms with Gasteiger partial charge in [-0.1, -0.05) is 0 Å². The molecule has 76 valence electrons. The molecule has 1 N–H and O–H groups in total. The Bertz CT molecular complexity index is 198. The van der Waals surface area contributed by atoms with Crippen LogP contribution < -0.4 is 0 Å². The first-order valence-corrected chi connectivity index (χ1v) is 4.18. The van der Waals surface area contributed by atoms with Gasteiger partial charge < -0.3 is 9.84 Å². The fourth-order valence-corrected chi connectivity index (χ4v) is 1.22. The van der Waals surface area contributed by atoms with Gasteiger partial charge in [-0.25, -0.2) is 9.28 Å². The molecule has 0 fully saturated rings. The zero-order valence-corrected chi connectivity index (χ0v) is 8.24. The van der Waals surface area contributed by atoms with Crippen molar-refractivity contribution < 1.29 is 23.9 Å². The normalized spacial score (nSPS) is 11.0. The minimum atomic E-state index is -0.992. The van der Waals surface area contributed by atoms with Crippen molar-refractivity contribution in [2.24, 2.45) is 0 Å². The molecule has 0 unspecified atom stereocenters. The molecule has 0 bridgehead atoms. The maximum absolute atomic E-state index is 11.3. The van der Waals surface area contributed by atoms with E-state index in [1.54, 1.807) is 13.8 Å². The van der Waals surface area contributed by atoms with Crippen LogP contribution in [0, 0.1) is 0 Å². The zero-order valence-electron chi connectivity index (χ0n) is 8.24. The van der Waals surface area contributed by atoms with Crippen molar-refractivity contribution in [3.05, 3.63) is 0 Å². The number of carbonyl (C=O) groups is 2. The van der Waals surface area contributed by atoms with Crippen LogP contribution in [0.15, 0.2) is 0 Å². The van der Waals surface area contributed by atoms with E-state index in [4.69, 9.17) is 5.11 Å². The summed E-state index contributed by atoms with van der Waals surface area (Å²) in [5, 5.41) is 8.63. The molecule has 0 aliphatic heterocycles. The van der Waals surface area contributed by atoms with E-state index in [0.717, 1.165) is 0 Å². The topological polar surface area (TPSA) is 63.6 Å². The SMILES string of the molecule is CC[N+](CC)(CC(=O)O)C(=O)OC. The van der Waals surface area contributed by atoms with Gasteiger partial charge in [-0.15, -0.1) is 0 Å². The molecule has 0 radical (unpaired) electrons. The van der Waals surface area contributed by atoms with E-state index in [1.807, 2.05) is 0 Å². The Hall–Kier alpha value is -1.10. The van der Waals surface area contributed by atoms with E-state index in [2.05, 4.69) is 4.74 Å². The van der Waals surface area contributed by atoms with Gasteiger partial charge in [0.2, 0.25) is 0 Å². The molecule has 5 heteroatoms. The molecule has 0 atom stereocenters. The van der Waals surface area contributed by atoms with Crippen LogP contribution in [0.3, 0.4) is 0 Å². The highest BCUT2D eigenvalue weighted by molar-refractivity contribution is 5.71. The molecule has 0 heterocycles. The van der Waals surface area contributed by atoms with E-state index in [9.17, 15) is 9.59 Å². The molecule has 0 aliphatic rings. The fourth-order valence-electron chi connectivity index (χ4n) is 1.22. The molecular formula is C8H16NO4+. The van der Waals surface area contributed by atoms with Crippen LogP contribution in [0.25, 0.3) is 0 Å². The predicted octanol–water partition coefficient (Wildman–Crippen LogP) is 0.694. The summed E-state index contributed by atoms with van der Waals surface area (Å²) in [7, 11) is 1.27. The molecule has 0 saturated heterocycles. The number of hydrogen-bond acceptors (Lipinski definition) is 3. The number of methoxy groups -OCH3 is 1. The van der Waals surface area contributed by atoms with Crippen LogP contribution >= 0.6 is 0 Å². The number of carbonyl (C=O) groups excluding carboxylic acids is 1. The summed E-state index contributed by atoms with van der Waals surface area (Å²) in [4.78, 5) is 21.8. The summed E-state index contributed by atoms with van der Waals surface area (Å²) >= 11 is 0. The average molecular weight is 190 g/mol. The van der Waals surface area contributed by atoms with Gasteiger partial charge in [-0.2, -0.15) is 4.79 Å². The summed E-state index contributed by atoms with van der Waals surface area (Å²) in [5.74, 6) is -0.992. The minimum Gasteiger partial charge on any atom is -0.477 e. The molecule has 1 amide bonds. The Kier molecular flexibility index (Phi) is 4.40. The number of ether oxygens (including phenoxy) is 1. The lowest BCUT2D eigenvalue weighted by Crippen LogP contribution is -2.55. The van der Waals surface area contributed by atoms with Crippen molar-refractivity contribution >= 4 is 12.1 Å². The van der Waals surface area contributed by atoms with E-state index in [0.29, 0.717) is 13.1 Å². The van der Waals surface area contributed by atoms with Crippen LogP contribution in [0.5, 0.6) is 0 Å². The summed E-state index contributed by atoms with van der Waals surface area (Å²) in [6.45, 7) is 4.16. The molecule has 0 aromatic carbocycles. The Balaban J connectivity index is 4.68. The summed E-state index contributed by atoms with van der Waals surface area (Å²) in [5.41, 5.74) is 0. The van der Waals surface area contributed by atoms with Gasteiger partial charge in [-0.05, 0) is 13.8 Å². The lowest BCUT2D eigenvalue weighted by atomic mass is 10.3. The molecule has 5 nitrogen and oxygen atoms in total. The Morgan fingerprint density at radius 2 is 1.77 bits per heavy atom. The summed E-state index contributed by atoms with van der Waals surface area (Å²) < 4.78 is 4.41. The standard InChI is InChI=1S/C8H15NO4/c1-4-9(5-2,6-7(10)11)8(12)13-3/h4-6H2,1-3H3/p+1. The maximum atomic E-state index is 11.3. The number of rotatable bonds is 4. The van der Waals surface area contributed by atoms with Gasteiger partial charge in [0, 0.05) is 0 Å². The van der Waals surface area contributed by atoms with Crippen molar-refractivity contribution in [1.29, 1.82) is 0 Å². The molecule has 0 rings (SSSR count). The van der Waals surface area contributed by atoms with Crippen LogP contribution in [-0.2, 0) is 9.53 Å². The molecule has 0 aliphatic carbocycles. The van der Waals surface area contributed by atoms with Crippen LogP contribution in [-0.4, -0.2) is 48.4 Å². The molecular weight excluding hydrogens is 174 g/mol. The molecule has 0 spiro atoms. The number of amides is 1. The third kappa shape index (κ3) is 2.69. The van der Waals surface area contributed by atoms with Crippen LogP contribution in [0.4, 0.5) is 4.79 Å². The second-order valence-electron chi connectivity index (χ2n) is 2.80. The van der Waals surface area contributed by atoms with Gasteiger partial charge in [0.15, 0.2) is 6.54 Å². The number of carboxylic acids is 1. The molecule has 0 aromatic rings. The lowest BCUT2D eigenvalue weighted by Gasteiger charge is -2.29. The van der Waals surface area contributed by atoms with Crippen LogP contribution in [0.2, 0.25) is 0 Å². The zero-order chi connectivity index (χ0) is 10.5. The highest BCUT2D eigenvalue weighted by Gasteiger charge is 2.37. The quantitative estimate of drug-likeness (QED) is 0.662. The third-order valence-electron chi connectivity index (χ3n) is 2.21. The van der Waals surface area contributed by atoms with Gasteiger partial charge >= 0.3 is 12.1 Å². The van der Waals surface area contributed by atoms with E-state index >= 15 is 0 Å². The molecule has 0 saturated carbocycles. The van der Waals surface area contributed by atoms with Crippen LogP contribution in [0.1, 0.15) is 13.8 Å². The number of carboxylic acid groups (broad SMARTS) is 1. The lowest BCUT2D eigenvalue weighted by molar-refractivity contribution is -0.846. The number of quaternary nitrogens is 1. The van der Waals surface area contributed by atoms with Gasteiger partial charge in [0.05, 0.1) is 20.2 Å². The number of aliphatic carboxylic acids is 1. The number of likely N-dealkylation sites (N-methyl/N-ethyl adjacent to an activating group) is 1. The third-order valence-corrected chi connectivity index (χ3v) is 2.21. The summed E-state index contributed by atoms with van der Waals surface area (Å²) in [6.07, 6.45) is -0.493. The molecule has 0 aromatic heterocycles. The second-order valence-corrected chi connectivity index (χ2v) is 2.80. The first-order valence-electron chi connectivity index (χ1n) is 4.18. The van der Waals surface area contributed by atoms with E-state index in [-0.39, 0.29) is 11.0 Å². The number of hydrogen-bond donors (Lipinski definition) is 1. The maximum Gasteiger partial charge on any atom is 0.516 e. The van der Waals surface area contributed by atoms with Crippen molar-refractivity contribution in [1.82, 2.24) is 0 Å². The number of nitrogens with zero attached hydrogens (tertiary/aromatic N) is 1. The van der Waals surface area contributed by atoms with Crippen molar-refractivity contribution in [3.8, 4) is 0 Å². The largest absolute Gasteiger partial charge is 0.516 e. The monoisotopic (exact) mass is 190 g/mol.